The van der Waals surface area contributed by atoms with Gasteiger partial charge < -0.3 is 15.3 Å². The maximum Gasteiger partial charge on any atom is 0.292 e. The summed E-state index contributed by atoms with van der Waals surface area (Å²) in [7, 11) is 0. The predicted molar refractivity (Wildman–Crippen MR) is 94.7 cm³/mol. The van der Waals surface area contributed by atoms with Crippen molar-refractivity contribution >= 4 is 28.7 Å². The minimum Gasteiger partial charge on any atom is -0.392 e. The Balaban J connectivity index is 1.73. The van der Waals surface area contributed by atoms with Crippen molar-refractivity contribution in [1.82, 2.24) is 0 Å². The summed E-state index contributed by atoms with van der Waals surface area (Å²) in [6.45, 7) is 1.48. The highest BCUT2D eigenvalue weighted by Gasteiger charge is 2.25. The molecule has 1 unspecified atom stereocenters. The number of benzene rings is 2. The summed E-state index contributed by atoms with van der Waals surface area (Å²) in [5.41, 5.74) is 2.21. The van der Waals surface area contributed by atoms with E-state index in [-0.39, 0.29) is 18.3 Å². The molecule has 1 saturated heterocycles. The van der Waals surface area contributed by atoms with Gasteiger partial charge in [0.15, 0.2) is 0 Å². The van der Waals surface area contributed by atoms with Crippen LogP contribution >= 0.6 is 11.6 Å². The van der Waals surface area contributed by atoms with Gasteiger partial charge in [0.2, 0.25) is 0 Å². The number of nitro benzene ring substituents is 1. The first-order valence-corrected chi connectivity index (χ1v) is 8.10. The van der Waals surface area contributed by atoms with Crippen LogP contribution in [0.15, 0.2) is 42.5 Å². The minimum atomic E-state index is -0.407. The molecule has 2 aromatic carbocycles. The molecule has 2 N–H and O–H groups in total. The Labute approximate surface area is 144 Å². The number of aliphatic hydroxyl groups excluding tert-OH is 1. The monoisotopic (exact) mass is 347 g/mol. The molecule has 7 heteroatoms. The van der Waals surface area contributed by atoms with Gasteiger partial charge in [0.05, 0.1) is 11.5 Å². The lowest BCUT2D eigenvalue weighted by molar-refractivity contribution is -0.384. The van der Waals surface area contributed by atoms with Crippen LogP contribution in [0.5, 0.6) is 0 Å². The quantitative estimate of drug-likeness (QED) is 0.640. The molecule has 0 amide bonds. The van der Waals surface area contributed by atoms with Gasteiger partial charge in [-0.05, 0) is 48.4 Å². The third-order valence-corrected chi connectivity index (χ3v) is 4.43. The van der Waals surface area contributed by atoms with E-state index < -0.39 is 4.92 Å². The molecule has 0 bridgehead atoms. The Bertz CT molecular complexity index is 736. The van der Waals surface area contributed by atoms with Crippen LogP contribution in [0.2, 0.25) is 5.02 Å². The molecule has 0 aliphatic carbocycles. The fourth-order valence-corrected chi connectivity index (χ4v) is 3.07. The van der Waals surface area contributed by atoms with Crippen LogP contribution < -0.4 is 10.2 Å². The minimum absolute atomic E-state index is 0.0251. The molecule has 1 heterocycles. The zero-order valence-electron chi connectivity index (χ0n) is 13.0. The van der Waals surface area contributed by atoms with Crippen molar-refractivity contribution in [1.29, 1.82) is 0 Å². The molecule has 24 heavy (non-hydrogen) atoms. The summed E-state index contributed by atoms with van der Waals surface area (Å²) in [4.78, 5) is 13.0. The molecule has 1 aliphatic rings. The fourth-order valence-electron chi connectivity index (χ4n) is 2.94. The Hall–Kier alpha value is -2.31. The van der Waals surface area contributed by atoms with Crippen molar-refractivity contribution in [3.8, 4) is 0 Å². The summed E-state index contributed by atoms with van der Waals surface area (Å²) in [6, 6.07) is 12.4. The zero-order chi connectivity index (χ0) is 17.1. The van der Waals surface area contributed by atoms with E-state index in [1.807, 2.05) is 24.3 Å². The van der Waals surface area contributed by atoms with Gasteiger partial charge in [-0.25, -0.2) is 0 Å². The average molecular weight is 348 g/mol. The van der Waals surface area contributed by atoms with E-state index in [0.717, 1.165) is 25.2 Å². The van der Waals surface area contributed by atoms with Crippen molar-refractivity contribution < 1.29 is 10.0 Å². The van der Waals surface area contributed by atoms with Gasteiger partial charge in [-0.3, -0.25) is 10.1 Å². The smallest absolute Gasteiger partial charge is 0.292 e. The molecule has 2 aromatic rings. The van der Waals surface area contributed by atoms with Crippen LogP contribution in [-0.4, -0.2) is 29.2 Å². The molecule has 3 rings (SSSR count). The number of anilines is 2. The van der Waals surface area contributed by atoms with E-state index in [0.29, 0.717) is 16.3 Å². The lowest BCUT2D eigenvalue weighted by Crippen LogP contribution is -2.26. The first kappa shape index (κ1) is 16.5. The first-order valence-electron chi connectivity index (χ1n) is 7.72. The van der Waals surface area contributed by atoms with Crippen LogP contribution in [-0.2, 0) is 6.61 Å². The van der Waals surface area contributed by atoms with Crippen molar-refractivity contribution in [2.75, 3.05) is 23.3 Å². The molecule has 0 aromatic heterocycles. The molecule has 0 radical (unpaired) electrons. The lowest BCUT2D eigenvalue weighted by Gasteiger charge is -2.19. The Morgan fingerprint density at radius 2 is 2.04 bits per heavy atom. The molecule has 1 aliphatic heterocycles. The van der Waals surface area contributed by atoms with E-state index in [2.05, 4.69) is 10.2 Å². The lowest BCUT2D eigenvalue weighted by atomic mass is 10.1. The average Bonchev–Trinajstić information content (AvgIpc) is 3.03. The summed E-state index contributed by atoms with van der Waals surface area (Å²) < 4.78 is 0. The van der Waals surface area contributed by atoms with Crippen LogP contribution in [0.3, 0.4) is 0 Å². The second-order valence-corrected chi connectivity index (χ2v) is 6.26. The zero-order valence-corrected chi connectivity index (χ0v) is 13.7. The number of hydrogen-bond acceptors (Lipinski definition) is 5. The molecule has 6 nitrogen and oxygen atoms in total. The topological polar surface area (TPSA) is 78.6 Å². The Morgan fingerprint density at radius 1 is 1.29 bits per heavy atom. The molecule has 0 spiro atoms. The van der Waals surface area contributed by atoms with Gasteiger partial charge in [0.25, 0.3) is 5.69 Å². The van der Waals surface area contributed by atoms with Crippen LogP contribution in [0.25, 0.3) is 0 Å². The molecular weight excluding hydrogens is 330 g/mol. The Morgan fingerprint density at radius 3 is 2.71 bits per heavy atom. The van der Waals surface area contributed by atoms with E-state index in [9.17, 15) is 15.2 Å². The SMILES string of the molecule is O=[N+]([O-])c1ccc(CO)cc1NC1CCN(c2ccc(Cl)cc2)C1. The third kappa shape index (κ3) is 3.60. The van der Waals surface area contributed by atoms with Gasteiger partial charge in [-0.2, -0.15) is 0 Å². The molecular formula is C17H18ClN3O3. The summed E-state index contributed by atoms with van der Waals surface area (Å²) in [5, 5.41) is 24.4. The summed E-state index contributed by atoms with van der Waals surface area (Å²) in [5.74, 6) is 0. The highest BCUT2D eigenvalue weighted by atomic mass is 35.5. The van der Waals surface area contributed by atoms with Gasteiger partial charge in [0.1, 0.15) is 5.69 Å². The number of rotatable bonds is 5. The van der Waals surface area contributed by atoms with Crippen LogP contribution in [0.4, 0.5) is 17.1 Å². The molecule has 0 saturated carbocycles. The van der Waals surface area contributed by atoms with Crippen LogP contribution in [0, 0.1) is 10.1 Å². The van der Waals surface area contributed by atoms with Gasteiger partial charge >= 0.3 is 0 Å². The number of nitro groups is 1. The van der Waals surface area contributed by atoms with E-state index in [1.54, 1.807) is 12.1 Å². The molecule has 126 valence electrons. The second-order valence-electron chi connectivity index (χ2n) is 5.82. The number of nitrogens with one attached hydrogen (secondary N) is 1. The normalized spacial score (nSPS) is 17.1. The van der Waals surface area contributed by atoms with Crippen LogP contribution in [0.1, 0.15) is 12.0 Å². The van der Waals surface area contributed by atoms with E-state index in [4.69, 9.17) is 11.6 Å². The van der Waals surface area contributed by atoms with Gasteiger partial charge in [-0.15, -0.1) is 0 Å². The van der Waals surface area contributed by atoms with Gasteiger partial charge in [0, 0.05) is 35.9 Å². The number of hydrogen-bond donors (Lipinski definition) is 2. The van der Waals surface area contributed by atoms with E-state index >= 15 is 0 Å². The molecule has 1 atom stereocenters. The second kappa shape index (κ2) is 7.07. The van der Waals surface area contributed by atoms with Crippen molar-refractivity contribution in [2.24, 2.45) is 0 Å². The van der Waals surface area contributed by atoms with Crippen molar-refractivity contribution in [3.63, 3.8) is 0 Å². The largest absolute Gasteiger partial charge is 0.392 e. The molecule has 1 fully saturated rings. The number of halogens is 1. The third-order valence-electron chi connectivity index (χ3n) is 4.18. The summed E-state index contributed by atoms with van der Waals surface area (Å²) >= 11 is 5.91. The number of nitrogens with zero attached hydrogens (tertiary/aromatic N) is 2. The maximum atomic E-state index is 11.2. The van der Waals surface area contributed by atoms with Crippen molar-refractivity contribution in [2.45, 2.75) is 19.1 Å². The number of aliphatic hydroxyl groups is 1. The standard InChI is InChI=1S/C17H18ClN3O3/c18-13-2-4-15(5-3-13)20-8-7-14(10-20)19-16-9-12(11-22)1-6-17(16)21(23)24/h1-6,9,14,19,22H,7-8,10-11H2. The predicted octanol–water partition coefficient (Wildman–Crippen LogP) is 3.43. The maximum absolute atomic E-state index is 11.2. The van der Waals surface area contributed by atoms with Gasteiger partial charge in [-0.1, -0.05) is 11.6 Å². The Kier molecular flexibility index (Phi) is 4.87. The first-order chi connectivity index (χ1) is 11.6. The highest BCUT2D eigenvalue weighted by Crippen LogP contribution is 2.29. The van der Waals surface area contributed by atoms with E-state index in [1.165, 1.54) is 6.07 Å². The fraction of sp³-hybridized carbons (Fsp3) is 0.294. The highest BCUT2D eigenvalue weighted by molar-refractivity contribution is 6.30. The van der Waals surface area contributed by atoms with Crippen molar-refractivity contribution in [3.05, 3.63) is 63.2 Å². The summed E-state index contributed by atoms with van der Waals surface area (Å²) in [6.07, 6.45) is 0.878.